The lowest BCUT2D eigenvalue weighted by Crippen LogP contribution is -1.81. The van der Waals surface area contributed by atoms with Crippen molar-refractivity contribution in [3.63, 3.8) is 0 Å². The summed E-state index contributed by atoms with van der Waals surface area (Å²) in [6, 6.07) is 8.41. The maximum atomic E-state index is 4.92. The molecule has 0 aliphatic rings. The Morgan fingerprint density at radius 3 is 2.70 bits per heavy atom. The van der Waals surface area contributed by atoms with Gasteiger partial charge in [0.05, 0.1) is 0 Å². The summed E-state index contributed by atoms with van der Waals surface area (Å²) < 4.78 is 0. The molecular formula is C8H10PS+. The first-order chi connectivity index (χ1) is 4.84. The fraction of sp³-hybridized carbons (Fsp3) is 0.250. The molecule has 0 radical (unpaired) electrons. The number of rotatable bonds is 2. The van der Waals surface area contributed by atoms with Crippen LogP contribution in [-0.2, 0) is 18.0 Å². The van der Waals surface area contributed by atoms with Crippen molar-refractivity contribution in [2.75, 3.05) is 0 Å². The van der Waals surface area contributed by atoms with Gasteiger partial charge < -0.3 is 0 Å². The highest BCUT2D eigenvalue weighted by Gasteiger charge is 1.96. The van der Waals surface area contributed by atoms with Crippen molar-refractivity contribution in [3.05, 3.63) is 35.4 Å². The van der Waals surface area contributed by atoms with Gasteiger partial charge >= 0.3 is 0 Å². The van der Waals surface area contributed by atoms with Gasteiger partial charge in [0, 0.05) is 0 Å². The van der Waals surface area contributed by atoms with Gasteiger partial charge in [-0.2, -0.15) is 0 Å². The van der Waals surface area contributed by atoms with Gasteiger partial charge in [-0.1, -0.05) is 24.3 Å². The molecule has 1 aromatic rings. The molecule has 1 rings (SSSR count). The molecule has 0 saturated heterocycles. The molecule has 0 nitrogen and oxygen atoms in total. The molecule has 0 heterocycles. The predicted molar refractivity (Wildman–Crippen MR) is 50.6 cm³/mol. The summed E-state index contributed by atoms with van der Waals surface area (Å²) in [7, 11) is 0.615. The van der Waals surface area contributed by atoms with Crippen LogP contribution in [0, 0.1) is 6.92 Å². The number of hydrogen-bond donors (Lipinski definition) is 0. The van der Waals surface area contributed by atoms with Crippen LogP contribution >= 0.6 is 7.36 Å². The van der Waals surface area contributed by atoms with E-state index in [4.69, 9.17) is 11.8 Å². The second kappa shape index (κ2) is 3.80. The van der Waals surface area contributed by atoms with Crippen LogP contribution in [0.5, 0.6) is 0 Å². The van der Waals surface area contributed by atoms with E-state index in [1.807, 2.05) is 0 Å². The molecule has 1 unspecified atom stereocenters. The third-order valence-electron chi connectivity index (χ3n) is 1.52. The van der Waals surface area contributed by atoms with E-state index in [2.05, 4.69) is 31.2 Å². The van der Waals surface area contributed by atoms with Crippen LogP contribution in [0.15, 0.2) is 24.3 Å². The largest absolute Gasteiger partial charge is 0.165 e. The molecule has 0 aliphatic heterocycles. The lowest BCUT2D eigenvalue weighted by Gasteiger charge is -1.95. The smallest absolute Gasteiger partial charge is 0.0620 e. The minimum Gasteiger partial charge on any atom is -0.0620 e. The zero-order chi connectivity index (χ0) is 7.40. The Bertz CT molecular complexity index is 232. The van der Waals surface area contributed by atoms with E-state index in [1.165, 1.54) is 11.1 Å². The quantitative estimate of drug-likeness (QED) is 0.613. The predicted octanol–water partition coefficient (Wildman–Crippen LogP) is 2.64. The highest BCUT2D eigenvalue weighted by atomic mass is 32.4. The van der Waals surface area contributed by atoms with Crippen molar-refractivity contribution in [3.8, 4) is 0 Å². The van der Waals surface area contributed by atoms with Crippen LogP contribution in [0.3, 0.4) is 0 Å². The van der Waals surface area contributed by atoms with Crippen LogP contribution in [0.4, 0.5) is 0 Å². The lowest BCUT2D eigenvalue weighted by atomic mass is 10.1. The fourth-order valence-electron chi connectivity index (χ4n) is 0.886. The van der Waals surface area contributed by atoms with Crippen molar-refractivity contribution in [2.24, 2.45) is 0 Å². The third kappa shape index (κ3) is 1.86. The van der Waals surface area contributed by atoms with E-state index in [-0.39, 0.29) is 0 Å². The lowest BCUT2D eigenvalue weighted by molar-refractivity contribution is 1.31. The Balaban J connectivity index is 2.91. The number of benzene rings is 1. The Hall–Kier alpha value is -0.260. The summed E-state index contributed by atoms with van der Waals surface area (Å²) in [4.78, 5) is 0. The van der Waals surface area contributed by atoms with Crippen molar-refractivity contribution in [2.45, 2.75) is 13.1 Å². The van der Waals surface area contributed by atoms with Crippen molar-refractivity contribution < 1.29 is 0 Å². The van der Waals surface area contributed by atoms with E-state index in [0.717, 1.165) is 6.16 Å². The minimum absolute atomic E-state index is 0.615. The normalized spacial score (nSPS) is 10.1. The highest BCUT2D eigenvalue weighted by molar-refractivity contribution is 7.96. The zero-order valence-electron chi connectivity index (χ0n) is 5.92. The van der Waals surface area contributed by atoms with Crippen LogP contribution in [0.2, 0.25) is 0 Å². The summed E-state index contributed by atoms with van der Waals surface area (Å²) in [5.74, 6) is 0. The van der Waals surface area contributed by atoms with E-state index in [0.29, 0.717) is 7.36 Å². The van der Waals surface area contributed by atoms with Gasteiger partial charge in [-0.05, 0) is 18.1 Å². The molecule has 0 N–H and O–H groups in total. The molecular weight excluding hydrogens is 159 g/mol. The molecule has 10 heavy (non-hydrogen) atoms. The first-order valence-electron chi connectivity index (χ1n) is 3.24. The molecule has 0 aromatic heterocycles. The first kappa shape index (κ1) is 7.84. The topological polar surface area (TPSA) is 0 Å². The van der Waals surface area contributed by atoms with Gasteiger partial charge in [0.15, 0.2) is 19.2 Å². The second-order valence-electron chi connectivity index (χ2n) is 2.25. The average molecular weight is 169 g/mol. The standard InChI is InChI=1S/C8H9PS/c1-7-4-2-3-5-8(7)6-9-10/h2-5H,6H2,1H3/p+1. The molecule has 0 amide bonds. The Morgan fingerprint density at radius 2 is 2.10 bits per heavy atom. The van der Waals surface area contributed by atoms with Crippen molar-refractivity contribution in [1.82, 2.24) is 0 Å². The van der Waals surface area contributed by atoms with Crippen molar-refractivity contribution in [1.29, 1.82) is 0 Å². The number of aryl methyl sites for hydroxylation is 1. The summed E-state index contributed by atoms with van der Waals surface area (Å²) in [6.45, 7) is 2.13. The van der Waals surface area contributed by atoms with Gasteiger partial charge in [0.1, 0.15) is 6.16 Å². The zero-order valence-corrected chi connectivity index (χ0v) is 7.74. The average Bonchev–Trinajstić information content (AvgIpc) is 1.94. The van der Waals surface area contributed by atoms with Gasteiger partial charge in [0.25, 0.3) is 0 Å². The van der Waals surface area contributed by atoms with Crippen molar-refractivity contribution >= 4 is 19.2 Å². The molecule has 1 atom stereocenters. The SMILES string of the molecule is Cc1ccccc1C[PH+]=S. The molecule has 2 heteroatoms. The highest BCUT2D eigenvalue weighted by Crippen LogP contribution is 2.12. The van der Waals surface area contributed by atoms with Crippen LogP contribution < -0.4 is 0 Å². The Kier molecular flexibility index (Phi) is 2.98. The van der Waals surface area contributed by atoms with E-state index >= 15 is 0 Å². The van der Waals surface area contributed by atoms with Gasteiger partial charge in [0.2, 0.25) is 0 Å². The van der Waals surface area contributed by atoms with Gasteiger partial charge in [-0.25, -0.2) is 0 Å². The maximum Gasteiger partial charge on any atom is 0.165 e. The molecule has 0 saturated carbocycles. The third-order valence-corrected chi connectivity index (χ3v) is 2.48. The molecule has 0 aliphatic carbocycles. The monoisotopic (exact) mass is 169 g/mol. The fourth-order valence-corrected chi connectivity index (χ4v) is 1.90. The summed E-state index contributed by atoms with van der Waals surface area (Å²) >= 11 is 4.92. The van der Waals surface area contributed by atoms with Gasteiger partial charge in [-0.15, -0.1) is 0 Å². The Morgan fingerprint density at radius 1 is 1.40 bits per heavy atom. The summed E-state index contributed by atoms with van der Waals surface area (Å²) in [5, 5.41) is 0. The van der Waals surface area contributed by atoms with Crippen LogP contribution in [0.1, 0.15) is 11.1 Å². The minimum atomic E-state index is 0.615. The molecule has 52 valence electrons. The molecule has 1 aromatic carbocycles. The van der Waals surface area contributed by atoms with E-state index in [1.54, 1.807) is 0 Å². The second-order valence-corrected chi connectivity index (χ2v) is 3.76. The number of hydrogen-bond acceptors (Lipinski definition) is 1. The van der Waals surface area contributed by atoms with Gasteiger partial charge in [-0.3, -0.25) is 0 Å². The molecule has 0 bridgehead atoms. The Labute approximate surface area is 68.1 Å². The van der Waals surface area contributed by atoms with Crippen LogP contribution in [-0.4, -0.2) is 0 Å². The summed E-state index contributed by atoms with van der Waals surface area (Å²) in [5.41, 5.74) is 2.76. The maximum absolute atomic E-state index is 4.92. The van der Waals surface area contributed by atoms with Crippen LogP contribution in [0.25, 0.3) is 0 Å². The molecule has 0 spiro atoms. The van der Waals surface area contributed by atoms with E-state index in [9.17, 15) is 0 Å². The summed E-state index contributed by atoms with van der Waals surface area (Å²) in [6.07, 6.45) is 1.06. The first-order valence-corrected chi connectivity index (χ1v) is 5.58. The van der Waals surface area contributed by atoms with E-state index < -0.39 is 0 Å². The molecule has 0 fully saturated rings.